The second-order valence-corrected chi connectivity index (χ2v) is 5.73. The molecular weight excluding hydrogens is 269 g/mol. The van der Waals surface area contributed by atoms with Gasteiger partial charge in [-0.15, -0.1) is 0 Å². The van der Waals surface area contributed by atoms with Crippen molar-refractivity contribution in [1.29, 1.82) is 0 Å². The van der Waals surface area contributed by atoms with E-state index in [0.717, 1.165) is 32.5 Å². The van der Waals surface area contributed by atoms with Gasteiger partial charge in [-0.1, -0.05) is 26.0 Å². The summed E-state index contributed by atoms with van der Waals surface area (Å²) in [6.07, 6.45) is 2.48. The van der Waals surface area contributed by atoms with Crippen molar-refractivity contribution in [3.05, 3.63) is 35.6 Å². The summed E-state index contributed by atoms with van der Waals surface area (Å²) in [5.41, 5.74) is 0.193. The molecule has 21 heavy (non-hydrogen) atoms. The molecule has 0 radical (unpaired) electrons. The Hall–Kier alpha value is -1.26. The number of nitrogens with zero attached hydrogens (tertiary/aromatic N) is 1. The maximum absolute atomic E-state index is 13.7. The molecule has 1 fully saturated rings. The highest BCUT2D eigenvalue weighted by molar-refractivity contribution is 5.98. The third-order valence-corrected chi connectivity index (χ3v) is 4.05. The van der Waals surface area contributed by atoms with Crippen LogP contribution in [-0.4, -0.2) is 43.0 Å². The molecule has 1 aliphatic heterocycles. The normalized spacial score (nSPS) is 19.9. The zero-order chi connectivity index (χ0) is 15.2. The van der Waals surface area contributed by atoms with Crippen molar-refractivity contribution in [3.63, 3.8) is 0 Å². The molecule has 0 saturated carbocycles. The molecule has 2 unspecified atom stereocenters. The quantitative estimate of drug-likeness (QED) is 0.723. The lowest BCUT2D eigenvalue weighted by Gasteiger charge is -2.26. The molecule has 0 aliphatic carbocycles. The van der Waals surface area contributed by atoms with Gasteiger partial charge >= 0.3 is 0 Å². The highest BCUT2D eigenvalue weighted by atomic mass is 19.1. The zero-order valence-electron chi connectivity index (χ0n) is 12.8. The number of hydrogen-bond donors (Lipinski definition) is 0. The molecule has 0 N–H and O–H groups in total. The number of benzene rings is 1. The number of hydrogen-bond acceptors (Lipinski definition) is 3. The fourth-order valence-corrected chi connectivity index (χ4v) is 2.81. The molecule has 1 heterocycles. The molecule has 4 heteroatoms. The Morgan fingerprint density at radius 1 is 1.48 bits per heavy atom. The van der Waals surface area contributed by atoms with E-state index in [9.17, 15) is 9.18 Å². The van der Waals surface area contributed by atoms with Crippen molar-refractivity contribution in [3.8, 4) is 0 Å². The van der Waals surface area contributed by atoms with Crippen LogP contribution in [0.25, 0.3) is 0 Å². The first-order valence-electron chi connectivity index (χ1n) is 7.74. The van der Waals surface area contributed by atoms with E-state index in [4.69, 9.17) is 4.74 Å². The van der Waals surface area contributed by atoms with Crippen LogP contribution in [-0.2, 0) is 4.74 Å². The minimum atomic E-state index is -0.434. The van der Waals surface area contributed by atoms with Crippen LogP contribution in [0.15, 0.2) is 24.3 Å². The largest absolute Gasteiger partial charge is 0.377 e. The van der Waals surface area contributed by atoms with Crippen LogP contribution in [0.3, 0.4) is 0 Å². The summed E-state index contributed by atoms with van der Waals surface area (Å²) >= 11 is 0. The minimum Gasteiger partial charge on any atom is -0.377 e. The van der Waals surface area contributed by atoms with Crippen molar-refractivity contribution in [1.82, 2.24) is 4.90 Å². The average Bonchev–Trinajstić information content (AvgIpc) is 2.99. The summed E-state index contributed by atoms with van der Waals surface area (Å²) in [4.78, 5) is 14.6. The number of ether oxygens (including phenoxy) is 1. The maximum Gasteiger partial charge on any atom is 0.169 e. The van der Waals surface area contributed by atoms with Gasteiger partial charge in [0.05, 0.1) is 11.7 Å². The lowest BCUT2D eigenvalue weighted by Crippen LogP contribution is -2.37. The van der Waals surface area contributed by atoms with E-state index >= 15 is 0 Å². The fourth-order valence-electron chi connectivity index (χ4n) is 2.81. The number of likely N-dealkylation sites (N-methyl/N-ethyl adjacent to an activating group) is 1. The highest BCUT2D eigenvalue weighted by Crippen LogP contribution is 2.17. The first kappa shape index (κ1) is 16.1. The number of Topliss-reactive ketones (excluding diaryl/α,β-unsaturated/α-hetero) is 1. The summed E-state index contributed by atoms with van der Waals surface area (Å²) < 4.78 is 19.3. The molecule has 116 valence electrons. The molecule has 2 rings (SSSR count). The molecule has 1 aliphatic rings. The van der Waals surface area contributed by atoms with E-state index in [2.05, 4.69) is 11.8 Å². The fraction of sp³-hybridized carbons (Fsp3) is 0.588. The number of carbonyl (C=O) groups is 1. The Morgan fingerprint density at radius 3 is 2.86 bits per heavy atom. The Morgan fingerprint density at radius 2 is 2.24 bits per heavy atom. The molecule has 1 aromatic carbocycles. The lowest BCUT2D eigenvalue weighted by molar-refractivity contribution is 0.0658. The molecular formula is C17H24FNO2. The zero-order valence-corrected chi connectivity index (χ0v) is 12.8. The Balaban J connectivity index is 1.93. The summed E-state index contributed by atoms with van der Waals surface area (Å²) in [5, 5.41) is 0. The predicted octanol–water partition coefficient (Wildman–Crippen LogP) is 3.15. The third kappa shape index (κ3) is 4.35. The van der Waals surface area contributed by atoms with Gasteiger partial charge in [-0.2, -0.15) is 0 Å². The molecule has 0 spiro atoms. The standard InChI is InChI=1S/C17H24FNO2/c1-3-19(12-14-7-6-10-21-14)11-13(2)17(20)15-8-4-5-9-16(15)18/h4-5,8-9,13-14H,3,6-7,10-12H2,1-2H3. The summed E-state index contributed by atoms with van der Waals surface area (Å²) in [7, 11) is 0. The Kier molecular flexibility index (Phi) is 5.88. The number of rotatable bonds is 7. The summed E-state index contributed by atoms with van der Waals surface area (Å²) in [6, 6.07) is 6.20. The van der Waals surface area contributed by atoms with Crippen molar-refractivity contribution in [2.24, 2.45) is 5.92 Å². The van der Waals surface area contributed by atoms with Crippen molar-refractivity contribution in [2.75, 3.05) is 26.2 Å². The van der Waals surface area contributed by atoms with Gasteiger partial charge in [-0.3, -0.25) is 4.79 Å². The van der Waals surface area contributed by atoms with E-state index in [-0.39, 0.29) is 23.4 Å². The van der Waals surface area contributed by atoms with Gasteiger partial charge in [0.25, 0.3) is 0 Å². The van der Waals surface area contributed by atoms with Crippen LogP contribution < -0.4 is 0 Å². The SMILES string of the molecule is CCN(CC1CCCO1)CC(C)C(=O)c1ccccc1F. The molecule has 2 atom stereocenters. The van der Waals surface area contributed by atoms with Gasteiger partial charge in [-0.05, 0) is 31.5 Å². The van der Waals surface area contributed by atoms with E-state index < -0.39 is 5.82 Å². The van der Waals surface area contributed by atoms with Gasteiger partial charge in [0.2, 0.25) is 0 Å². The van der Waals surface area contributed by atoms with Crippen molar-refractivity contribution in [2.45, 2.75) is 32.8 Å². The topological polar surface area (TPSA) is 29.5 Å². The maximum atomic E-state index is 13.7. The summed E-state index contributed by atoms with van der Waals surface area (Å²) in [5.74, 6) is -0.779. The molecule has 0 amide bonds. The van der Waals surface area contributed by atoms with Gasteiger partial charge in [0.15, 0.2) is 5.78 Å². The van der Waals surface area contributed by atoms with Gasteiger partial charge in [0, 0.05) is 25.6 Å². The monoisotopic (exact) mass is 293 g/mol. The smallest absolute Gasteiger partial charge is 0.169 e. The highest BCUT2D eigenvalue weighted by Gasteiger charge is 2.23. The average molecular weight is 293 g/mol. The molecule has 1 aromatic rings. The van der Waals surface area contributed by atoms with Crippen LogP contribution >= 0.6 is 0 Å². The van der Waals surface area contributed by atoms with Crippen molar-refractivity contribution < 1.29 is 13.9 Å². The van der Waals surface area contributed by atoms with Crippen LogP contribution in [0.5, 0.6) is 0 Å². The molecule has 0 bridgehead atoms. The number of carbonyl (C=O) groups excluding carboxylic acids is 1. The first-order chi connectivity index (χ1) is 10.1. The van der Waals surface area contributed by atoms with E-state index in [1.165, 1.54) is 6.07 Å². The molecule has 0 aromatic heterocycles. The second kappa shape index (κ2) is 7.66. The number of ketones is 1. The van der Waals surface area contributed by atoms with Crippen LogP contribution in [0.1, 0.15) is 37.0 Å². The Labute approximate surface area is 126 Å². The lowest BCUT2D eigenvalue weighted by atomic mass is 9.98. The van der Waals surface area contributed by atoms with Crippen LogP contribution in [0.2, 0.25) is 0 Å². The van der Waals surface area contributed by atoms with E-state index in [1.807, 2.05) is 6.92 Å². The summed E-state index contributed by atoms with van der Waals surface area (Å²) in [6.45, 7) is 7.15. The van der Waals surface area contributed by atoms with Gasteiger partial charge in [0.1, 0.15) is 5.82 Å². The molecule has 3 nitrogen and oxygen atoms in total. The molecule has 1 saturated heterocycles. The predicted molar refractivity (Wildman–Crippen MR) is 81.0 cm³/mol. The Bertz CT molecular complexity index is 472. The van der Waals surface area contributed by atoms with Gasteiger partial charge < -0.3 is 9.64 Å². The van der Waals surface area contributed by atoms with Gasteiger partial charge in [-0.25, -0.2) is 4.39 Å². The van der Waals surface area contributed by atoms with Crippen LogP contribution in [0.4, 0.5) is 4.39 Å². The van der Waals surface area contributed by atoms with Crippen LogP contribution in [0, 0.1) is 11.7 Å². The minimum absolute atomic E-state index is 0.126. The third-order valence-electron chi connectivity index (χ3n) is 4.05. The van der Waals surface area contributed by atoms with E-state index in [1.54, 1.807) is 18.2 Å². The first-order valence-corrected chi connectivity index (χ1v) is 7.74. The van der Waals surface area contributed by atoms with Crippen molar-refractivity contribution >= 4 is 5.78 Å². The number of halogens is 1. The second-order valence-electron chi connectivity index (χ2n) is 5.73. The van der Waals surface area contributed by atoms with E-state index in [0.29, 0.717) is 6.54 Å².